The molecule has 10 heteroatoms. The van der Waals surface area contributed by atoms with Gasteiger partial charge in [0, 0.05) is 106 Å². The number of hydrogen-bond acceptors (Lipinski definition) is 8. The highest BCUT2D eigenvalue weighted by Crippen LogP contribution is 2.46. The van der Waals surface area contributed by atoms with E-state index in [0.717, 1.165) is 89.1 Å². The number of thiophene rings is 2. The van der Waals surface area contributed by atoms with Crippen LogP contribution in [0.25, 0.3) is 208 Å². The van der Waals surface area contributed by atoms with Gasteiger partial charge in [0.2, 0.25) is 0 Å². The van der Waals surface area contributed by atoms with Crippen LogP contribution < -0.4 is 0 Å². The topological polar surface area (TPSA) is 87.2 Å². The maximum atomic E-state index is 5.22. The van der Waals surface area contributed by atoms with Crippen LogP contribution in [-0.2, 0) is 0 Å². The third kappa shape index (κ3) is 11.9. The Kier molecular flexibility index (Phi) is 16.4. The number of hydrogen-bond donors (Lipinski definition) is 0. The molecule has 0 N–H and O–H groups in total. The smallest absolute Gasteiger partial charge is 0.166 e. The zero-order valence-electron chi connectivity index (χ0n) is 60.3. The third-order valence-corrected chi connectivity index (χ3v) is 23.6. The average molecular weight is 1470 g/mol. The van der Waals surface area contributed by atoms with Gasteiger partial charge in [0.05, 0.1) is 33.4 Å². The highest BCUT2D eigenvalue weighted by atomic mass is 32.1. The molecule has 0 radical (unpaired) electrons. The van der Waals surface area contributed by atoms with E-state index in [2.05, 4.69) is 300 Å². The van der Waals surface area contributed by atoms with Crippen molar-refractivity contribution in [2.45, 2.75) is 0 Å². The molecule has 112 heavy (non-hydrogen) atoms. The van der Waals surface area contributed by atoms with Crippen LogP contribution in [0.15, 0.2) is 388 Å². The number of rotatable bonds is 12. The Hall–Kier alpha value is -14.4. The number of fused-ring (bicyclic) bond motifs is 12. The molecule has 0 aliphatic carbocycles. The van der Waals surface area contributed by atoms with Gasteiger partial charge in [-0.1, -0.05) is 303 Å². The second kappa shape index (κ2) is 28.0. The van der Waals surface area contributed by atoms with Crippen molar-refractivity contribution < 1.29 is 0 Å². The van der Waals surface area contributed by atoms with Gasteiger partial charge >= 0.3 is 0 Å². The quantitative estimate of drug-likeness (QED) is 0.121. The zero-order chi connectivity index (χ0) is 74.0. The fraction of sp³-hybridized carbons (Fsp3) is 0. The first kappa shape index (κ1) is 65.8. The molecule has 524 valence electrons. The Morgan fingerprint density at radius 3 is 0.955 bits per heavy atom. The molecule has 0 unspecified atom stereocenters. The minimum absolute atomic E-state index is 0.615. The Morgan fingerprint density at radius 2 is 0.491 bits per heavy atom. The van der Waals surface area contributed by atoms with Crippen LogP contribution in [0.5, 0.6) is 0 Å². The number of para-hydroxylation sites is 3. The predicted octanol–water partition coefficient (Wildman–Crippen LogP) is 27.3. The molecular weight excluding hydrogens is 1400 g/mol. The fourth-order valence-electron chi connectivity index (χ4n) is 16.0. The fourth-order valence-corrected chi connectivity index (χ4v) is 18.3. The van der Waals surface area contributed by atoms with Gasteiger partial charge in [-0.05, 0) is 118 Å². The van der Waals surface area contributed by atoms with E-state index in [4.69, 9.17) is 29.9 Å². The molecule has 0 aliphatic heterocycles. The summed E-state index contributed by atoms with van der Waals surface area (Å²) >= 11 is 3.72. The van der Waals surface area contributed by atoms with Crippen molar-refractivity contribution in [3.8, 4) is 124 Å². The van der Waals surface area contributed by atoms with Gasteiger partial charge in [-0.25, -0.2) is 29.9 Å². The summed E-state index contributed by atoms with van der Waals surface area (Å²) in [5.41, 5.74) is 21.5. The van der Waals surface area contributed by atoms with E-state index in [1.54, 1.807) is 0 Å². The number of nitrogens with zero attached hydrogens (tertiary/aromatic N) is 8. The lowest BCUT2D eigenvalue weighted by atomic mass is 9.98. The summed E-state index contributed by atoms with van der Waals surface area (Å²) < 4.78 is 10.1. The molecular formula is C102H64N8S2. The van der Waals surface area contributed by atoms with Gasteiger partial charge in [-0.15, -0.1) is 22.7 Å². The normalized spacial score (nSPS) is 11.6. The Morgan fingerprint density at radius 1 is 0.170 bits per heavy atom. The highest BCUT2D eigenvalue weighted by Gasteiger charge is 2.25. The van der Waals surface area contributed by atoms with Crippen molar-refractivity contribution in [2.75, 3.05) is 0 Å². The van der Waals surface area contributed by atoms with Crippen molar-refractivity contribution in [3.05, 3.63) is 388 Å². The summed E-state index contributed by atoms with van der Waals surface area (Å²) in [4.78, 5) is 30.5. The Labute approximate surface area is 653 Å². The molecule has 6 aromatic heterocycles. The molecule has 0 spiro atoms. The van der Waals surface area contributed by atoms with E-state index < -0.39 is 0 Å². The van der Waals surface area contributed by atoms with Crippen LogP contribution in [0.3, 0.4) is 0 Å². The number of benzene rings is 16. The minimum Gasteiger partial charge on any atom is -0.309 e. The lowest BCUT2D eigenvalue weighted by Gasteiger charge is -2.19. The van der Waals surface area contributed by atoms with E-state index in [9.17, 15) is 0 Å². The van der Waals surface area contributed by atoms with Gasteiger partial charge in [-0.3, -0.25) is 0 Å². The predicted molar refractivity (Wildman–Crippen MR) is 468 cm³/mol. The highest BCUT2D eigenvalue weighted by molar-refractivity contribution is 7.26. The van der Waals surface area contributed by atoms with Crippen LogP contribution >= 0.6 is 22.7 Å². The van der Waals surface area contributed by atoms with Crippen LogP contribution in [-0.4, -0.2) is 39.0 Å². The lowest BCUT2D eigenvalue weighted by molar-refractivity contribution is 1.06. The first-order chi connectivity index (χ1) is 55.5. The van der Waals surface area contributed by atoms with Crippen molar-refractivity contribution in [1.82, 2.24) is 39.0 Å². The third-order valence-electron chi connectivity index (χ3n) is 21.3. The minimum atomic E-state index is 0.615. The van der Waals surface area contributed by atoms with Crippen LogP contribution in [0.1, 0.15) is 0 Å². The van der Waals surface area contributed by atoms with E-state index in [1.807, 2.05) is 120 Å². The molecule has 22 rings (SSSR count). The van der Waals surface area contributed by atoms with Gasteiger partial charge in [-0.2, -0.15) is 0 Å². The SMILES string of the molecule is c1ccc(-c2nc(-c3ccccc3)nc(-c3ccc(-n4c5ccccc5c5cc(-c6ccc7c(c6)sc6ccccc67)ccc54)c(-c4ccccc4)c3)n2)cc1.c1ccc(-c2nc(-c3ccccc3)nc(-c3cccc(-c4ccccc4)c3-n3c4ccccc4c4cc(-c5ccc6c(c5)sc5ccccc56)ccc43)n2)cc1. The molecule has 0 saturated carbocycles. The molecule has 8 nitrogen and oxygen atoms in total. The van der Waals surface area contributed by atoms with E-state index in [-0.39, 0.29) is 0 Å². The largest absolute Gasteiger partial charge is 0.309 e. The first-order valence-corrected chi connectivity index (χ1v) is 39.2. The standard InChI is InChI=1S/2C51H32N4S/c1-4-15-33(16-5-1)38-23-14-24-42(51-53-49(34-17-6-2-7-18-34)52-50(54-51)35-19-8-3-9-20-35)48(38)55-44-25-12-10-21-39(44)43-31-36(28-30-45(43)55)37-27-29-41-40-22-11-13-26-46(40)56-47(41)32-37;1-4-14-33(15-5-1)42-31-38(51-53-49(34-16-6-2-7-17-34)52-50(54-51)35-18-8-3-9-19-35)26-29-45(42)55-44-22-12-10-20-39(44)43-30-36(25-28-46(43)55)37-24-27-41-40-21-11-13-23-47(40)56-48(41)32-37/h2*1-32H. The molecule has 22 aromatic rings. The van der Waals surface area contributed by atoms with Crippen molar-refractivity contribution in [3.63, 3.8) is 0 Å². The molecule has 0 bridgehead atoms. The average Bonchev–Trinajstić information content (AvgIpc) is 1.63. The summed E-state index contributed by atoms with van der Waals surface area (Å²) in [6.07, 6.45) is 0. The summed E-state index contributed by atoms with van der Waals surface area (Å²) in [5, 5.41) is 10.1. The van der Waals surface area contributed by atoms with Gasteiger partial charge in [0.1, 0.15) is 0 Å². The second-order valence-electron chi connectivity index (χ2n) is 28.0. The molecule has 0 saturated heterocycles. The van der Waals surface area contributed by atoms with Crippen molar-refractivity contribution >= 4 is 107 Å². The van der Waals surface area contributed by atoms with Crippen molar-refractivity contribution in [2.24, 2.45) is 0 Å². The molecule has 16 aromatic carbocycles. The molecule has 0 fully saturated rings. The van der Waals surface area contributed by atoms with E-state index in [0.29, 0.717) is 34.9 Å². The monoisotopic (exact) mass is 1460 g/mol. The van der Waals surface area contributed by atoms with Gasteiger partial charge in [0.15, 0.2) is 34.9 Å². The summed E-state index contributed by atoms with van der Waals surface area (Å²) in [5.74, 6) is 3.79. The maximum absolute atomic E-state index is 5.22. The molecule has 0 amide bonds. The van der Waals surface area contributed by atoms with Crippen molar-refractivity contribution in [1.29, 1.82) is 0 Å². The van der Waals surface area contributed by atoms with Crippen LogP contribution in [0.4, 0.5) is 0 Å². The maximum Gasteiger partial charge on any atom is 0.166 e. The Bertz CT molecular complexity index is 7210. The molecule has 6 heterocycles. The van der Waals surface area contributed by atoms with E-state index in [1.165, 1.54) is 84.1 Å². The molecule has 0 atom stereocenters. The summed E-state index contributed by atoms with van der Waals surface area (Å²) in [6.45, 7) is 0. The second-order valence-corrected chi connectivity index (χ2v) is 30.2. The molecule has 0 aliphatic rings. The summed E-state index contributed by atoms with van der Waals surface area (Å²) in [7, 11) is 0. The lowest BCUT2D eigenvalue weighted by Crippen LogP contribution is -2.05. The van der Waals surface area contributed by atoms with Crippen LogP contribution in [0, 0.1) is 0 Å². The van der Waals surface area contributed by atoms with E-state index >= 15 is 0 Å². The number of aromatic nitrogens is 8. The first-order valence-electron chi connectivity index (χ1n) is 37.5. The van der Waals surface area contributed by atoms with Crippen LogP contribution in [0.2, 0.25) is 0 Å². The summed E-state index contributed by atoms with van der Waals surface area (Å²) in [6, 6.07) is 137. The Balaban J connectivity index is 0.000000141. The van der Waals surface area contributed by atoms with Gasteiger partial charge in [0.25, 0.3) is 0 Å². The van der Waals surface area contributed by atoms with Gasteiger partial charge < -0.3 is 9.13 Å². The zero-order valence-corrected chi connectivity index (χ0v) is 62.0.